The standard InChI is InChI=1S/C16H30N2/c1-15(2)10-7-14(8-11-15)18(5)12-6-9-16(3,4)13-17/h14H,6-12H2,1-5H3. The van der Waals surface area contributed by atoms with Crippen molar-refractivity contribution in [3.63, 3.8) is 0 Å². The molecule has 18 heavy (non-hydrogen) atoms. The topological polar surface area (TPSA) is 27.0 Å². The maximum atomic E-state index is 9.00. The second-order valence-electron chi connectivity index (χ2n) is 7.48. The molecule has 0 amide bonds. The summed E-state index contributed by atoms with van der Waals surface area (Å²) < 4.78 is 0. The van der Waals surface area contributed by atoms with Crippen LogP contribution in [-0.2, 0) is 0 Å². The zero-order chi connectivity index (χ0) is 13.8. The average molecular weight is 250 g/mol. The summed E-state index contributed by atoms with van der Waals surface area (Å²) in [6.07, 6.45) is 7.52. The molecule has 0 aromatic heterocycles. The zero-order valence-electron chi connectivity index (χ0n) is 12.9. The predicted octanol–water partition coefficient (Wildman–Crippen LogP) is 4.22. The lowest BCUT2D eigenvalue weighted by atomic mass is 9.75. The van der Waals surface area contributed by atoms with Gasteiger partial charge in [0.05, 0.1) is 11.5 Å². The van der Waals surface area contributed by atoms with Crippen LogP contribution in [0.5, 0.6) is 0 Å². The Labute approximate surface area is 113 Å². The molecule has 0 N–H and O–H groups in total. The molecule has 0 spiro atoms. The molecule has 0 unspecified atom stereocenters. The Morgan fingerprint density at radius 2 is 1.83 bits per heavy atom. The van der Waals surface area contributed by atoms with Gasteiger partial charge in [-0.1, -0.05) is 13.8 Å². The van der Waals surface area contributed by atoms with Crippen molar-refractivity contribution >= 4 is 0 Å². The van der Waals surface area contributed by atoms with Crippen molar-refractivity contribution in [2.45, 2.75) is 72.3 Å². The third kappa shape index (κ3) is 4.98. The van der Waals surface area contributed by atoms with Gasteiger partial charge in [-0.3, -0.25) is 0 Å². The number of rotatable bonds is 5. The molecule has 2 nitrogen and oxygen atoms in total. The second-order valence-corrected chi connectivity index (χ2v) is 7.48. The minimum atomic E-state index is -0.157. The highest BCUT2D eigenvalue weighted by molar-refractivity contribution is 4.91. The molecule has 0 aromatic carbocycles. The molecule has 1 saturated carbocycles. The van der Waals surface area contributed by atoms with Crippen LogP contribution in [0.15, 0.2) is 0 Å². The van der Waals surface area contributed by atoms with Gasteiger partial charge >= 0.3 is 0 Å². The highest BCUT2D eigenvalue weighted by atomic mass is 15.1. The first kappa shape index (κ1) is 15.5. The Balaban J connectivity index is 2.26. The van der Waals surface area contributed by atoms with Gasteiger partial charge in [0.25, 0.3) is 0 Å². The number of hydrogen-bond donors (Lipinski definition) is 0. The molecule has 1 fully saturated rings. The van der Waals surface area contributed by atoms with Crippen LogP contribution in [0.2, 0.25) is 0 Å². The normalized spacial score (nSPS) is 20.9. The maximum Gasteiger partial charge on any atom is 0.0683 e. The van der Waals surface area contributed by atoms with Crippen molar-refractivity contribution in [3.8, 4) is 6.07 Å². The Kier molecular flexibility index (Phi) is 5.22. The molecule has 0 atom stereocenters. The molecule has 1 rings (SSSR count). The highest BCUT2D eigenvalue weighted by Gasteiger charge is 2.28. The van der Waals surface area contributed by atoms with Crippen molar-refractivity contribution in [1.29, 1.82) is 5.26 Å². The van der Waals surface area contributed by atoms with Crippen molar-refractivity contribution < 1.29 is 0 Å². The Morgan fingerprint density at radius 1 is 1.28 bits per heavy atom. The third-order valence-electron chi connectivity index (χ3n) is 4.55. The quantitative estimate of drug-likeness (QED) is 0.730. The Hall–Kier alpha value is -0.550. The molecule has 0 aliphatic heterocycles. The van der Waals surface area contributed by atoms with Crippen LogP contribution in [0, 0.1) is 22.2 Å². The minimum absolute atomic E-state index is 0.157. The van der Waals surface area contributed by atoms with E-state index >= 15 is 0 Å². The van der Waals surface area contributed by atoms with Crippen LogP contribution in [0.25, 0.3) is 0 Å². The van der Waals surface area contributed by atoms with E-state index in [0.29, 0.717) is 5.41 Å². The molecule has 104 valence electrons. The van der Waals surface area contributed by atoms with Gasteiger partial charge in [0, 0.05) is 6.04 Å². The first-order chi connectivity index (χ1) is 8.26. The SMILES string of the molecule is CN(CCCC(C)(C)C#N)C1CCC(C)(C)CC1. The third-order valence-corrected chi connectivity index (χ3v) is 4.55. The van der Waals surface area contributed by atoms with Crippen molar-refractivity contribution in [1.82, 2.24) is 4.90 Å². The summed E-state index contributed by atoms with van der Waals surface area (Å²) in [5, 5.41) is 9.00. The van der Waals surface area contributed by atoms with Crippen molar-refractivity contribution in [2.24, 2.45) is 10.8 Å². The Morgan fingerprint density at radius 3 is 2.33 bits per heavy atom. The lowest BCUT2D eigenvalue weighted by Gasteiger charge is -2.38. The summed E-state index contributed by atoms with van der Waals surface area (Å²) in [5.74, 6) is 0. The number of nitriles is 1. The lowest BCUT2D eigenvalue weighted by Crippen LogP contribution is -2.37. The van der Waals surface area contributed by atoms with Gasteiger partial charge in [0.15, 0.2) is 0 Å². The van der Waals surface area contributed by atoms with Gasteiger partial charge in [-0.05, 0) is 71.4 Å². The van der Waals surface area contributed by atoms with Gasteiger partial charge in [0.2, 0.25) is 0 Å². The molecular formula is C16H30N2. The van der Waals surface area contributed by atoms with E-state index < -0.39 is 0 Å². The molecule has 0 saturated heterocycles. The number of nitrogens with zero attached hydrogens (tertiary/aromatic N) is 2. The number of hydrogen-bond acceptors (Lipinski definition) is 2. The van der Waals surface area contributed by atoms with E-state index in [-0.39, 0.29) is 5.41 Å². The highest BCUT2D eigenvalue weighted by Crippen LogP contribution is 2.36. The van der Waals surface area contributed by atoms with Gasteiger partial charge in [0.1, 0.15) is 0 Å². The summed E-state index contributed by atoms with van der Waals surface area (Å²) in [6, 6.07) is 3.15. The van der Waals surface area contributed by atoms with Crippen molar-refractivity contribution in [2.75, 3.05) is 13.6 Å². The largest absolute Gasteiger partial charge is 0.303 e. The summed E-state index contributed by atoms with van der Waals surface area (Å²) >= 11 is 0. The molecule has 1 aliphatic carbocycles. The fourth-order valence-corrected chi connectivity index (χ4v) is 2.83. The molecule has 0 heterocycles. The van der Waals surface area contributed by atoms with E-state index in [1.54, 1.807) is 0 Å². The van der Waals surface area contributed by atoms with E-state index in [0.717, 1.165) is 25.4 Å². The van der Waals surface area contributed by atoms with Crippen LogP contribution in [0.1, 0.15) is 66.2 Å². The fourth-order valence-electron chi connectivity index (χ4n) is 2.83. The van der Waals surface area contributed by atoms with Gasteiger partial charge in [-0.25, -0.2) is 0 Å². The predicted molar refractivity (Wildman–Crippen MR) is 77.3 cm³/mol. The molecule has 2 heteroatoms. The lowest BCUT2D eigenvalue weighted by molar-refractivity contribution is 0.124. The van der Waals surface area contributed by atoms with Crippen LogP contribution < -0.4 is 0 Å². The van der Waals surface area contributed by atoms with E-state index in [1.807, 2.05) is 13.8 Å². The molecule has 1 aliphatic rings. The van der Waals surface area contributed by atoms with Gasteiger partial charge in [-0.2, -0.15) is 5.26 Å². The molecule has 0 aromatic rings. The fraction of sp³-hybridized carbons (Fsp3) is 0.938. The molecule has 0 bridgehead atoms. The van der Waals surface area contributed by atoms with E-state index in [9.17, 15) is 0 Å². The smallest absolute Gasteiger partial charge is 0.0683 e. The maximum absolute atomic E-state index is 9.00. The van der Waals surface area contributed by atoms with Crippen molar-refractivity contribution in [3.05, 3.63) is 0 Å². The average Bonchev–Trinajstić information content (AvgIpc) is 2.28. The minimum Gasteiger partial charge on any atom is -0.303 e. The first-order valence-corrected chi connectivity index (χ1v) is 7.37. The summed E-state index contributed by atoms with van der Waals surface area (Å²) in [5.41, 5.74) is 0.398. The summed E-state index contributed by atoms with van der Waals surface area (Å²) in [7, 11) is 2.25. The molecular weight excluding hydrogens is 220 g/mol. The molecule has 0 radical (unpaired) electrons. The van der Waals surface area contributed by atoms with Crippen LogP contribution in [0.3, 0.4) is 0 Å². The summed E-state index contributed by atoms with van der Waals surface area (Å²) in [4.78, 5) is 2.52. The van der Waals surface area contributed by atoms with Gasteiger partial charge < -0.3 is 4.90 Å². The first-order valence-electron chi connectivity index (χ1n) is 7.37. The van der Waals surface area contributed by atoms with Crippen LogP contribution in [-0.4, -0.2) is 24.5 Å². The van der Waals surface area contributed by atoms with E-state index in [4.69, 9.17) is 5.26 Å². The Bertz CT molecular complexity index is 289. The second kappa shape index (κ2) is 6.06. The van der Waals surface area contributed by atoms with E-state index in [1.165, 1.54) is 25.7 Å². The zero-order valence-corrected chi connectivity index (χ0v) is 12.9. The van der Waals surface area contributed by atoms with Crippen LogP contribution >= 0.6 is 0 Å². The van der Waals surface area contributed by atoms with E-state index in [2.05, 4.69) is 31.9 Å². The monoisotopic (exact) mass is 250 g/mol. The van der Waals surface area contributed by atoms with Gasteiger partial charge in [-0.15, -0.1) is 0 Å². The van der Waals surface area contributed by atoms with Crippen LogP contribution in [0.4, 0.5) is 0 Å². The summed E-state index contributed by atoms with van der Waals surface area (Å²) in [6.45, 7) is 9.99.